The number of rotatable bonds is 5. The fourth-order valence-corrected chi connectivity index (χ4v) is 4.84. The number of hydrogen-bond donors (Lipinski definition) is 1. The Balaban J connectivity index is 1.29. The normalized spacial score (nSPS) is 16.2. The molecule has 1 fully saturated rings. The van der Waals surface area contributed by atoms with Gasteiger partial charge in [-0.2, -0.15) is 0 Å². The van der Waals surface area contributed by atoms with E-state index in [-0.39, 0.29) is 11.8 Å². The average molecular weight is 446 g/mol. The first kappa shape index (κ1) is 20.4. The molecule has 2 aromatic heterocycles. The van der Waals surface area contributed by atoms with Crippen LogP contribution < -0.4 is 15.0 Å². The molecule has 0 unspecified atom stereocenters. The molecule has 1 saturated heterocycles. The van der Waals surface area contributed by atoms with Crippen LogP contribution in [0.3, 0.4) is 0 Å². The molecule has 0 radical (unpaired) electrons. The lowest BCUT2D eigenvalue weighted by molar-refractivity contribution is -0.120. The van der Waals surface area contributed by atoms with E-state index in [1.807, 2.05) is 54.6 Å². The highest BCUT2D eigenvalue weighted by atomic mass is 32.1. The van der Waals surface area contributed by atoms with Gasteiger partial charge in [0.1, 0.15) is 17.9 Å². The number of fused-ring (bicyclic) bond motifs is 1. The van der Waals surface area contributed by atoms with Crippen LogP contribution in [0.1, 0.15) is 12.8 Å². The lowest BCUT2D eigenvalue weighted by atomic mass is 9.97. The summed E-state index contributed by atoms with van der Waals surface area (Å²) in [6.45, 7) is 1.49. The minimum atomic E-state index is -0.116. The molecule has 1 aliphatic rings. The van der Waals surface area contributed by atoms with Crippen molar-refractivity contribution in [2.75, 3.05) is 30.4 Å². The number of hydrogen-bond acceptors (Lipinski definition) is 7. The fraction of sp³-hybridized carbons (Fsp3) is 0.250. The van der Waals surface area contributed by atoms with Crippen molar-refractivity contribution in [2.24, 2.45) is 5.92 Å². The van der Waals surface area contributed by atoms with Gasteiger partial charge in [0.25, 0.3) is 0 Å². The lowest BCUT2D eigenvalue weighted by Gasteiger charge is -2.32. The average Bonchev–Trinajstić information content (AvgIpc) is 3.26. The summed E-state index contributed by atoms with van der Waals surface area (Å²) in [4.78, 5) is 28.6. The van der Waals surface area contributed by atoms with Crippen LogP contribution in [0.5, 0.6) is 5.75 Å². The van der Waals surface area contributed by atoms with Crippen molar-refractivity contribution in [1.82, 2.24) is 15.0 Å². The monoisotopic (exact) mass is 445 g/mol. The van der Waals surface area contributed by atoms with E-state index in [1.165, 1.54) is 11.3 Å². The van der Waals surface area contributed by atoms with Crippen LogP contribution in [0.4, 0.5) is 10.9 Å². The van der Waals surface area contributed by atoms with E-state index in [4.69, 9.17) is 4.74 Å². The maximum Gasteiger partial charge on any atom is 0.231 e. The summed E-state index contributed by atoms with van der Waals surface area (Å²) in [5.41, 5.74) is 2.75. The molecule has 8 heteroatoms. The highest BCUT2D eigenvalue weighted by Gasteiger charge is 2.27. The number of methoxy groups -OCH3 is 1. The van der Waals surface area contributed by atoms with Gasteiger partial charge in [-0.25, -0.2) is 15.0 Å². The number of piperidine rings is 1. The molecule has 4 aromatic rings. The highest BCUT2D eigenvalue weighted by molar-refractivity contribution is 7.22. The largest absolute Gasteiger partial charge is 0.497 e. The zero-order valence-corrected chi connectivity index (χ0v) is 18.5. The molecule has 7 nitrogen and oxygen atoms in total. The van der Waals surface area contributed by atoms with Crippen molar-refractivity contribution >= 4 is 38.4 Å². The van der Waals surface area contributed by atoms with E-state index in [2.05, 4.69) is 25.2 Å². The Bertz CT molecular complexity index is 1210. The lowest BCUT2D eigenvalue weighted by Crippen LogP contribution is -2.41. The van der Waals surface area contributed by atoms with Gasteiger partial charge in [0, 0.05) is 24.7 Å². The first-order valence-electron chi connectivity index (χ1n) is 10.6. The van der Waals surface area contributed by atoms with Gasteiger partial charge in [0.15, 0.2) is 5.13 Å². The third-order valence-electron chi connectivity index (χ3n) is 5.68. The Hall–Kier alpha value is -3.52. The molecule has 5 rings (SSSR count). The molecule has 1 amide bonds. The first-order chi connectivity index (χ1) is 15.7. The third-order valence-corrected chi connectivity index (χ3v) is 6.63. The summed E-state index contributed by atoms with van der Waals surface area (Å²) in [6.07, 6.45) is 3.36. The summed E-state index contributed by atoms with van der Waals surface area (Å²) in [5, 5.41) is 3.67. The number of amides is 1. The van der Waals surface area contributed by atoms with Gasteiger partial charge < -0.3 is 15.0 Å². The summed E-state index contributed by atoms with van der Waals surface area (Å²) in [5.74, 6) is 1.54. The molecule has 2 aromatic carbocycles. The number of nitrogens with zero attached hydrogens (tertiary/aromatic N) is 4. The Labute approximate surface area is 190 Å². The topological polar surface area (TPSA) is 80.2 Å². The molecule has 162 valence electrons. The summed E-state index contributed by atoms with van der Waals surface area (Å²) in [6, 6.07) is 17.7. The Morgan fingerprint density at radius 1 is 1.16 bits per heavy atom. The van der Waals surface area contributed by atoms with Crippen molar-refractivity contribution in [3.8, 4) is 17.0 Å². The van der Waals surface area contributed by atoms with Gasteiger partial charge in [-0.05, 0) is 49.2 Å². The zero-order valence-electron chi connectivity index (χ0n) is 17.7. The number of carbonyl (C=O) groups is 1. The highest BCUT2D eigenvalue weighted by Crippen LogP contribution is 2.29. The molecule has 1 aliphatic heterocycles. The first-order valence-corrected chi connectivity index (χ1v) is 11.4. The standard InChI is InChI=1S/C24H23N5O2S/c1-31-18-10-8-16(9-11-18)20-13-22(26-15-25-20)29-12-4-5-17(14-29)23(30)28-24-27-19-6-2-3-7-21(19)32-24/h2-3,6-11,13,15,17H,4-5,12,14H2,1H3,(H,27,28,30)/t17-/m0/s1. The molecule has 0 bridgehead atoms. The number of carbonyl (C=O) groups excluding carboxylic acids is 1. The number of thiazole rings is 1. The van der Waals surface area contributed by atoms with Crippen molar-refractivity contribution in [2.45, 2.75) is 12.8 Å². The second kappa shape index (κ2) is 8.92. The molecule has 0 aliphatic carbocycles. The van der Waals surface area contributed by atoms with Gasteiger partial charge in [0.2, 0.25) is 5.91 Å². The second-order valence-corrected chi connectivity index (χ2v) is 8.78. The van der Waals surface area contributed by atoms with E-state index in [0.717, 1.165) is 52.4 Å². The minimum Gasteiger partial charge on any atom is -0.497 e. The minimum absolute atomic E-state index is 0.0122. The Morgan fingerprint density at radius 3 is 2.81 bits per heavy atom. The van der Waals surface area contributed by atoms with Crippen molar-refractivity contribution in [1.29, 1.82) is 0 Å². The Kier molecular flexibility index (Phi) is 5.68. The smallest absolute Gasteiger partial charge is 0.231 e. The number of ether oxygens (including phenoxy) is 1. The quantitative estimate of drug-likeness (QED) is 0.483. The molecule has 1 atom stereocenters. The second-order valence-electron chi connectivity index (χ2n) is 7.75. The van der Waals surface area contributed by atoms with Gasteiger partial charge >= 0.3 is 0 Å². The fourth-order valence-electron chi connectivity index (χ4n) is 3.97. The molecule has 1 N–H and O–H groups in total. The van der Waals surface area contributed by atoms with Gasteiger partial charge in [0.05, 0.1) is 28.9 Å². The molecular weight excluding hydrogens is 422 g/mol. The van der Waals surface area contributed by atoms with Crippen LogP contribution in [-0.4, -0.2) is 41.1 Å². The zero-order chi connectivity index (χ0) is 21.9. The number of benzene rings is 2. The van der Waals surface area contributed by atoms with Crippen molar-refractivity contribution < 1.29 is 9.53 Å². The van der Waals surface area contributed by atoms with Crippen LogP contribution in [0, 0.1) is 5.92 Å². The number of aromatic nitrogens is 3. The van der Waals surface area contributed by atoms with E-state index >= 15 is 0 Å². The predicted octanol–water partition coefficient (Wildman–Crippen LogP) is 4.62. The summed E-state index contributed by atoms with van der Waals surface area (Å²) >= 11 is 1.50. The molecule has 32 heavy (non-hydrogen) atoms. The predicted molar refractivity (Wildman–Crippen MR) is 127 cm³/mol. The third kappa shape index (κ3) is 4.27. The SMILES string of the molecule is COc1ccc(-c2cc(N3CCC[C@H](C(=O)Nc4nc5ccccc5s4)C3)ncn2)cc1. The maximum absolute atomic E-state index is 13.0. The van der Waals surface area contributed by atoms with Crippen LogP contribution in [0.25, 0.3) is 21.5 Å². The van der Waals surface area contributed by atoms with Crippen LogP contribution in [0.15, 0.2) is 60.9 Å². The van der Waals surface area contributed by atoms with Crippen molar-refractivity contribution in [3.05, 3.63) is 60.9 Å². The van der Waals surface area contributed by atoms with Crippen LogP contribution >= 0.6 is 11.3 Å². The van der Waals surface area contributed by atoms with Gasteiger partial charge in [-0.3, -0.25) is 4.79 Å². The number of nitrogens with one attached hydrogen (secondary N) is 1. The summed E-state index contributed by atoms with van der Waals surface area (Å²) in [7, 11) is 1.65. The van der Waals surface area contributed by atoms with E-state index < -0.39 is 0 Å². The maximum atomic E-state index is 13.0. The molecular formula is C24H23N5O2S. The number of anilines is 2. The molecule has 0 spiro atoms. The van der Waals surface area contributed by atoms with E-state index in [1.54, 1.807) is 13.4 Å². The van der Waals surface area contributed by atoms with E-state index in [9.17, 15) is 4.79 Å². The Morgan fingerprint density at radius 2 is 2.00 bits per heavy atom. The number of para-hydroxylation sites is 1. The van der Waals surface area contributed by atoms with Gasteiger partial charge in [-0.15, -0.1) is 0 Å². The van der Waals surface area contributed by atoms with Crippen LogP contribution in [-0.2, 0) is 4.79 Å². The van der Waals surface area contributed by atoms with Crippen molar-refractivity contribution in [3.63, 3.8) is 0 Å². The molecule has 0 saturated carbocycles. The summed E-state index contributed by atoms with van der Waals surface area (Å²) < 4.78 is 6.30. The van der Waals surface area contributed by atoms with E-state index in [0.29, 0.717) is 11.7 Å². The van der Waals surface area contributed by atoms with Gasteiger partial charge in [-0.1, -0.05) is 23.5 Å². The van der Waals surface area contributed by atoms with Crippen LogP contribution in [0.2, 0.25) is 0 Å². The molecule has 3 heterocycles.